The van der Waals surface area contributed by atoms with Crippen LogP contribution in [0, 0.1) is 0 Å². The summed E-state index contributed by atoms with van der Waals surface area (Å²) in [5.74, 6) is -0.918. The molecule has 0 aliphatic heterocycles. The maximum absolute atomic E-state index is 12.9. The van der Waals surface area contributed by atoms with Crippen LogP contribution in [0.2, 0.25) is 0 Å². The molecule has 0 saturated heterocycles. The lowest BCUT2D eigenvalue weighted by Gasteiger charge is -2.18. The molecule has 6 nitrogen and oxygen atoms in total. The number of esters is 3. The molecule has 478 valence electrons. The topological polar surface area (TPSA) is 78.9 Å². The summed E-state index contributed by atoms with van der Waals surface area (Å²) in [6.45, 7) is 6.52. The van der Waals surface area contributed by atoms with Gasteiger partial charge in [-0.05, 0) is 103 Å². The van der Waals surface area contributed by atoms with Crippen molar-refractivity contribution in [2.75, 3.05) is 13.2 Å². The predicted octanol–water partition coefficient (Wildman–Crippen LogP) is 24.8. The fraction of sp³-hybridized carbons (Fsp3) is 0.753. The minimum absolute atomic E-state index is 0.0912. The number of ether oxygens (including phenoxy) is 3. The van der Waals surface area contributed by atoms with Gasteiger partial charge in [0.05, 0.1) is 0 Å². The fourth-order valence-corrected chi connectivity index (χ4v) is 10.2. The zero-order chi connectivity index (χ0) is 59.9. The predicted molar refractivity (Wildman–Crippen MR) is 362 cm³/mol. The van der Waals surface area contributed by atoms with Crippen LogP contribution in [0.4, 0.5) is 0 Å². The summed E-state index contributed by atoms with van der Waals surface area (Å²) in [4.78, 5) is 38.4. The highest BCUT2D eigenvalue weighted by Gasteiger charge is 2.19. The number of allylic oxidation sites excluding steroid dienone is 16. The van der Waals surface area contributed by atoms with Gasteiger partial charge in [-0.15, -0.1) is 0 Å². The third-order valence-corrected chi connectivity index (χ3v) is 15.6. The van der Waals surface area contributed by atoms with Crippen molar-refractivity contribution in [1.82, 2.24) is 0 Å². The second-order valence-electron chi connectivity index (χ2n) is 23.8. The molecule has 0 aliphatic rings. The summed E-state index contributed by atoms with van der Waals surface area (Å²) in [5, 5.41) is 0. The van der Waals surface area contributed by atoms with Crippen molar-refractivity contribution in [3.05, 3.63) is 97.2 Å². The molecule has 0 saturated carbocycles. The van der Waals surface area contributed by atoms with Gasteiger partial charge in [-0.2, -0.15) is 0 Å². The van der Waals surface area contributed by atoms with E-state index in [1.165, 1.54) is 212 Å². The number of hydrogen-bond acceptors (Lipinski definition) is 6. The lowest BCUT2D eigenvalue weighted by Crippen LogP contribution is -2.30. The summed E-state index contributed by atoms with van der Waals surface area (Å²) in [7, 11) is 0. The van der Waals surface area contributed by atoms with Crippen LogP contribution in [-0.2, 0) is 28.6 Å². The lowest BCUT2D eigenvalue weighted by molar-refractivity contribution is -0.167. The van der Waals surface area contributed by atoms with Crippen molar-refractivity contribution in [2.45, 2.75) is 361 Å². The number of hydrogen-bond donors (Lipinski definition) is 0. The van der Waals surface area contributed by atoms with Crippen molar-refractivity contribution in [1.29, 1.82) is 0 Å². The molecule has 0 aromatic heterocycles. The molecule has 0 amide bonds. The molecule has 0 rings (SSSR count). The Morgan fingerprint density at radius 2 is 0.470 bits per heavy atom. The molecule has 0 fully saturated rings. The van der Waals surface area contributed by atoms with E-state index < -0.39 is 6.10 Å². The third-order valence-electron chi connectivity index (χ3n) is 15.6. The normalized spacial score (nSPS) is 12.7. The largest absolute Gasteiger partial charge is 0.462 e. The Morgan fingerprint density at radius 1 is 0.253 bits per heavy atom. The molecule has 0 N–H and O–H groups in total. The molecule has 6 heteroatoms. The first-order valence-corrected chi connectivity index (χ1v) is 35.7. The maximum atomic E-state index is 12.9. The van der Waals surface area contributed by atoms with Gasteiger partial charge < -0.3 is 14.2 Å². The van der Waals surface area contributed by atoms with E-state index in [2.05, 4.69) is 118 Å². The second-order valence-corrected chi connectivity index (χ2v) is 23.8. The molecule has 0 heterocycles. The van der Waals surface area contributed by atoms with E-state index in [0.717, 1.165) is 96.3 Å². The van der Waals surface area contributed by atoms with Crippen LogP contribution in [0.1, 0.15) is 355 Å². The first kappa shape index (κ1) is 79.3. The third kappa shape index (κ3) is 69.0. The highest BCUT2D eigenvalue weighted by molar-refractivity contribution is 5.71. The molecule has 0 spiro atoms. The number of carbonyl (C=O) groups is 3. The smallest absolute Gasteiger partial charge is 0.306 e. The Hall–Kier alpha value is -3.67. The Kier molecular flexibility index (Phi) is 67.7. The second kappa shape index (κ2) is 70.8. The van der Waals surface area contributed by atoms with Crippen LogP contribution in [0.25, 0.3) is 0 Å². The fourth-order valence-electron chi connectivity index (χ4n) is 10.2. The SMILES string of the molecule is CC/C=C\C/C=C\C/C=C\C/C=C\C/C=C\C/C=C\CCCCC(=O)OC(COC(=O)CCCCCCCCCCCCCCC)COC(=O)CCCCCCCCCCCCCCCCCCCCC/C=C\C/C=C\CCCCCCC. The van der Waals surface area contributed by atoms with Crippen LogP contribution >= 0.6 is 0 Å². The average molecular weight is 1160 g/mol. The highest BCUT2D eigenvalue weighted by atomic mass is 16.6. The van der Waals surface area contributed by atoms with Gasteiger partial charge in [0.25, 0.3) is 0 Å². The van der Waals surface area contributed by atoms with E-state index in [4.69, 9.17) is 14.2 Å². The van der Waals surface area contributed by atoms with Crippen LogP contribution < -0.4 is 0 Å². The lowest BCUT2D eigenvalue weighted by atomic mass is 10.0. The van der Waals surface area contributed by atoms with Gasteiger partial charge in [0.2, 0.25) is 0 Å². The Labute approximate surface area is 515 Å². The van der Waals surface area contributed by atoms with Gasteiger partial charge in [-0.25, -0.2) is 0 Å². The van der Waals surface area contributed by atoms with Crippen LogP contribution in [0.3, 0.4) is 0 Å². The van der Waals surface area contributed by atoms with Crippen molar-refractivity contribution in [3.8, 4) is 0 Å². The van der Waals surface area contributed by atoms with Crippen LogP contribution in [0.5, 0.6) is 0 Å². The molecular weight excluding hydrogens is 1020 g/mol. The van der Waals surface area contributed by atoms with Crippen molar-refractivity contribution in [3.63, 3.8) is 0 Å². The van der Waals surface area contributed by atoms with Crippen molar-refractivity contribution < 1.29 is 28.6 Å². The Balaban J connectivity index is 4.26. The van der Waals surface area contributed by atoms with E-state index in [0.29, 0.717) is 19.3 Å². The number of rotatable bonds is 65. The number of carbonyl (C=O) groups excluding carboxylic acids is 3. The minimum atomic E-state index is -0.800. The molecule has 1 atom stereocenters. The molecule has 0 aromatic carbocycles. The van der Waals surface area contributed by atoms with Crippen molar-refractivity contribution >= 4 is 17.9 Å². The molecule has 0 aliphatic carbocycles. The van der Waals surface area contributed by atoms with E-state index in [-0.39, 0.29) is 37.5 Å². The van der Waals surface area contributed by atoms with Gasteiger partial charge in [0.15, 0.2) is 6.10 Å². The van der Waals surface area contributed by atoms with E-state index in [1.54, 1.807) is 0 Å². The summed E-state index contributed by atoms with van der Waals surface area (Å²) in [5.41, 5.74) is 0. The number of unbranched alkanes of at least 4 members (excludes halogenated alkanes) is 38. The van der Waals surface area contributed by atoms with Gasteiger partial charge in [0, 0.05) is 19.3 Å². The molecule has 1 unspecified atom stereocenters. The minimum Gasteiger partial charge on any atom is -0.462 e. The molecule has 83 heavy (non-hydrogen) atoms. The van der Waals surface area contributed by atoms with E-state index >= 15 is 0 Å². The molecule has 0 aromatic rings. The van der Waals surface area contributed by atoms with Gasteiger partial charge in [-0.1, -0.05) is 330 Å². The molecular formula is C77H134O6. The maximum Gasteiger partial charge on any atom is 0.306 e. The first-order valence-electron chi connectivity index (χ1n) is 35.7. The van der Waals surface area contributed by atoms with Gasteiger partial charge in [-0.3, -0.25) is 14.4 Å². The summed E-state index contributed by atoms with van der Waals surface area (Å²) in [6.07, 6.45) is 95.9. The summed E-state index contributed by atoms with van der Waals surface area (Å²) in [6, 6.07) is 0. The molecule has 0 radical (unpaired) electrons. The van der Waals surface area contributed by atoms with Crippen molar-refractivity contribution in [2.24, 2.45) is 0 Å². The Bertz CT molecular complexity index is 1610. The zero-order valence-electron chi connectivity index (χ0n) is 54.9. The highest BCUT2D eigenvalue weighted by Crippen LogP contribution is 2.18. The molecule has 0 bridgehead atoms. The summed E-state index contributed by atoms with van der Waals surface area (Å²) >= 11 is 0. The van der Waals surface area contributed by atoms with Crippen LogP contribution in [0.15, 0.2) is 97.2 Å². The quantitative estimate of drug-likeness (QED) is 0.0261. The standard InChI is InChI=1S/C77H134O6/c1-4-7-10-13-16-19-22-25-27-29-31-33-34-35-36-37-38-39-40-41-42-44-45-47-49-52-55-58-61-64-67-70-76(79)82-73-74(72-81-75(78)69-66-63-60-57-54-51-24-21-18-15-12-9-6-3)83-77(80)71-68-65-62-59-56-53-50-48-46-43-32-30-28-26-23-20-17-14-11-8-5-2/h8,11,17,20,22,25-26,28-29,31-32,43,48,50,56,59,74H,4-7,9-10,12-16,18-19,21,23-24,27,30,33-42,44-47,49,51-55,57-58,60-73H2,1-3H3/b11-8-,20-17-,25-22-,28-26-,31-29-,43-32-,50-48-,59-56-. The van der Waals surface area contributed by atoms with E-state index in [1.807, 2.05) is 0 Å². The van der Waals surface area contributed by atoms with Gasteiger partial charge in [0.1, 0.15) is 13.2 Å². The van der Waals surface area contributed by atoms with E-state index in [9.17, 15) is 14.4 Å². The first-order chi connectivity index (χ1) is 41.0. The Morgan fingerprint density at radius 3 is 0.759 bits per heavy atom. The average Bonchev–Trinajstić information content (AvgIpc) is 3.49. The van der Waals surface area contributed by atoms with Crippen LogP contribution in [-0.4, -0.2) is 37.2 Å². The zero-order valence-corrected chi connectivity index (χ0v) is 54.9. The summed E-state index contributed by atoms with van der Waals surface area (Å²) < 4.78 is 16.9. The van der Waals surface area contributed by atoms with Gasteiger partial charge >= 0.3 is 17.9 Å². The monoisotopic (exact) mass is 1160 g/mol.